The third-order valence-electron chi connectivity index (χ3n) is 4.37. The maximum atomic E-state index is 12.5. The van der Waals surface area contributed by atoms with Crippen molar-refractivity contribution in [2.24, 2.45) is 7.05 Å². The summed E-state index contributed by atoms with van der Waals surface area (Å²) in [6.45, 7) is 5.46. The molecule has 0 radical (unpaired) electrons. The molecule has 0 saturated carbocycles. The van der Waals surface area contributed by atoms with Gasteiger partial charge in [0.15, 0.2) is 0 Å². The maximum Gasteiger partial charge on any atom is 0.408 e. The lowest BCUT2D eigenvalue weighted by molar-refractivity contribution is 0.0500. The number of pyridine rings is 1. The van der Waals surface area contributed by atoms with Gasteiger partial charge in [0, 0.05) is 35.9 Å². The van der Waals surface area contributed by atoms with Crippen LogP contribution in [-0.2, 0) is 18.2 Å². The summed E-state index contributed by atoms with van der Waals surface area (Å²) in [5, 5.41) is 4.02. The standard InChI is InChI=1S/C22H24Cl2N4O2/c1-22(2,3)30-21(29)27-18(12-15-7-5-6-10-25-15)20-26-13-19(28(20)4)16-9-8-14(23)11-17(16)24/h5-11,13,18H,12H2,1-4H3,(H,27,29). The number of amides is 1. The van der Waals surface area contributed by atoms with Crippen molar-refractivity contribution in [1.82, 2.24) is 19.9 Å². The van der Waals surface area contributed by atoms with Crippen molar-refractivity contribution >= 4 is 29.3 Å². The average molecular weight is 447 g/mol. The largest absolute Gasteiger partial charge is 0.444 e. The predicted octanol–water partition coefficient (Wildman–Crippen LogP) is 5.60. The Kier molecular flexibility index (Phi) is 6.68. The highest BCUT2D eigenvalue weighted by molar-refractivity contribution is 6.36. The molecule has 1 N–H and O–H groups in total. The van der Waals surface area contributed by atoms with Gasteiger partial charge in [-0.15, -0.1) is 0 Å². The lowest BCUT2D eigenvalue weighted by atomic mass is 10.1. The van der Waals surface area contributed by atoms with Crippen molar-refractivity contribution in [2.45, 2.75) is 38.8 Å². The molecule has 158 valence electrons. The number of imidazole rings is 1. The number of ether oxygens (including phenoxy) is 1. The zero-order valence-corrected chi connectivity index (χ0v) is 18.8. The maximum absolute atomic E-state index is 12.5. The Morgan fingerprint density at radius 3 is 2.60 bits per heavy atom. The Morgan fingerprint density at radius 1 is 1.20 bits per heavy atom. The van der Waals surface area contributed by atoms with Crippen molar-refractivity contribution in [2.75, 3.05) is 0 Å². The van der Waals surface area contributed by atoms with Gasteiger partial charge in [-0.2, -0.15) is 0 Å². The number of hydrogen-bond acceptors (Lipinski definition) is 4. The van der Waals surface area contributed by atoms with E-state index >= 15 is 0 Å². The van der Waals surface area contributed by atoms with Crippen LogP contribution in [0.1, 0.15) is 38.3 Å². The van der Waals surface area contributed by atoms with Crippen LogP contribution >= 0.6 is 23.2 Å². The molecule has 0 bridgehead atoms. The highest BCUT2D eigenvalue weighted by atomic mass is 35.5. The summed E-state index contributed by atoms with van der Waals surface area (Å²) in [5.41, 5.74) is 1.83. The molecular formula is C22H24Cl2N4O2. The number of rotatable bonds is 5. The minimum absolute atomic E-state index is 0.445. The van der Waals surface area contributed by atoms with Gasteiger partial charge in [0.2, 0.25) is 0 Å². The highest BCUT2D eigenvalue weighted by Gasteiger charge is 2.25. The second-order valence-corrected chi connectivity index (χ2v) is 8.75. The van der Waals surface area contributed by atoms with Crippen molar-refractivity contribution in [3.63, 3.8) is 0 Å². The zero-order chi connectivity index (χ0) is 21.9. The lowest BCUT2D eigenvalue weighted by Gasteiger charge is -2.23. The van der Waals surface area contributed by atoms with E-state index in [1.807, 2.05) is 56.7 Å². The van der Waals surface area contributed by atoms with E-state index in [1.54, 1.807) is 24.5 Å². The second-order valence-electron chi connectivity index (χ2n) is 7.91. The average Bonchev–Trinajstić information content (AvgIpc) is 3.02. The fraction of sp³-hybridized carbons (Fsp3) is 0.318. The number of hydrogen-bond donors (Lipinski definition) is 1. The quantitative estimate of drug-likeness (QED) is 0.553. The molecule has 2 aromatic heterocycles. The molecule has 1 amide bonds. The Balaban J connectivity index is 1.94. The van der Waals surface area contributed by atoms with E-state index in [9.17, 15) is 4.79 Å². The Labute approximate surface area is 186 Å². The summed E-state index contributed by atoms with van der Waals surface area (Å²) in [4.78, 5) is 21.4. The van der Waals surface area contributed by atoms with Crippen LogP contribution in [0.15, 0.2) is 48.8 Å². The first-order valence-electron chi connectivity index (χ1n) is 9.50. The van der Waals surface area contributed by atoms with Gasteiger partial charge in [-0.05, 0) is 51.1 Å². The van der Waals surface area contributed by atoms with E-state index in [1.165, 1.54) is 0 Å². The first-order valence-corrected chi connectivity index (χ1v) is 10.3. The molecule has 0 saturated heterocycles. The van der Waals surface area contributed by atoms with Gasteiger partial charge >= 0.3 is 6.09 Å². The molecule has 8 heteroatoms. The van der Waals surface area contributed by atoms with Crippen LogP contribution in [0.25, 0.3) is 11.3 Å². The molecule has 30 heavy (non-hydrogen) atoms. The van der Waals surface area contributed by atoms with Crippen molar-refractivity contribution in [3.05, 3.63) is 70.4 Å². The minimum Gasteiger partial charge on any atom is -0.444 e. The first kappa shape index (κ1) is 22.1. The summed E-state index contributed by atoms with van der Waals surface area (Å²) < 4.78 is 7.35. The number of carbonyl (C=O) groups excluding carboxylic acids is 1. The van der Waals surface area contributed by atoms with Crippen LogP contribution in [0.4, 0.5) is 4.79 Å². The van der Waals surface area contributed by atoms with Crippen molar-refractivity contribution in [3.8, 4) is 11.3 Å². The van der Waals surface area contributed by atoms with E-state index in [0.717, 1.165) is 17.0 Å². The fourth-order valence-electron chi connectivity index (χ4n) is 3.08. The Bertz CT molecular complexity index is 1030. The van der Waals surface area contributed by atoms with E-state index in [4.69, 9.17) is 27.9 Å². The molecule has 3 rings (SSSR count). The minimum atomic E-state index is -0.608. The van der Waals surface area contributed by atoms with Gasteiger partial charge in [-0.3, -0.25) is 4.98 Å². The smallest absolute Gasteiger partial charge is 0.408 e. The Hall–Kier alpha value is -2.57. The first-order chi connectivity index (χ1) is 14.1. The topological polar surface area (TPSA) is 69.0 Å². The highest BCUT2D eigenvalue weighted by Crippen LogP contribution is 2.32. The van der Waals surface area contributed by atoms with Crippen LogP contribution in [-0.4, -0.2) is 26.2 Å². The summed E-state index contributed by atoms with van der Waals surface area (Å²) in [7, 11) is 1.88. The number of nitrogens with one attached hydrogen (secondary N) is 1. The molecular weight excluding hydrogens is 423 g/mol. The number of halogens is 2. The van der Waals surface area contributed by atoms with Gasteiger partial charge in [0.05, 0.1) is 23.0 Å². The predicted molar refractivity (Wildman–Crippen MR) is 119 cm³/mol. The molecule has 1 atom stereocenters. The molecule has 1 unspecified atom stereocenters. The van der Waals surface area contributed by atoms with Gasteiger partial charge in [0.25, 0.3) is 0 Å². The zero-order valence-electron chi connectivity index (χ0n) is 17.3. The van der Waals surface area contributed by atoms with Gasteiger partial charge < -0.3 is 14.6 Å². The van der Waals surface area contributed by atoms with Gasteiger partial charge in [-0.1, -0.05) is 29.3 Å². The molecule has 0 aliphatic heterocycles. The van der Waals surface area contributed by atoms with Crippen LogP contribution in [0.5, 0.6) is 0 Å². The third kappa shape index (κ3) is 5.52. The van der Waals surface area contributed by atoms with Gasteiger partial charge in [0.1, 0.15) is 11.4 Å². The van der Waals surface area contributed by atoms with Crippen molar-refractivity contribution < 1.29 is 9.53 Å². The number of aromatic nitrogens is 3. The Morgan fingerprint density at radius 2 is 1.97 bits per heavy atom. The fourth-order valence-corrected chi connectivity index (χ4v) is 3.59. The summed E-state index contributed by atoms with van der Waals surface area (Å²) in [6, 6.07) is 10.5. The van der Waals surface area contributed by atoms with E-state index in [-0.39, 0.29) is 0 Å². The van der Waals surface area contributed by atoms with E-state index in [2.05, 4.69) is 15.3 Å². The molecule has 1 aromatic carbocycles. The third-order valence-corrected chi connectivity index (χ3v) is 4.92. The van der Waals surface area contributed by atoms with Crippen LogP contribution in [0.2, 0.25) is 10.0 Å². The molecule has 0 aliphatic carbocycles. The normalized spacial score (nSPS) is 12.5. The van der Waals surface area contributed by atoms with Crippen molar-refractivity contribution in [1.29, 1.82) is 0 Å². The number of nitrogens with zero attached hydrogens (tertiary/aromatic N) is 3. The number of carbonyl (C=O) groups is 1. The summed E-state index contributed by atoms with van der Waals surface area (Å²) in [5.74, 6) is 0.660. The monoisotopic (exact) mass is 446 g/mol. The number of benzene rings is 1. The SMILES string of the molecule is Cn1c(-c2ccc(Cl)cc2Cl)cnc1C(Cc1ccccn1)NC(=O)OC(C)(C)C. The summed E-state index contributed by atoms with van der Waals surface area (Å²) >= 11 is 12.4. The van der Waals surface area contributed by atoms with Crippen LogP contribution < -0.4 is 5.32 Å². The van der Waals surface area contributed by atoms with E-state index < -0.39 is 17.7 Å². The molecule has 0 spiro atoms. The molecule has 6 nitrogen and oxygen atoms in total. The number of alkyl carbamates (subject to hydrolysis) is 1. The van der Waals surface area contributed by atoms with E-state index in [0.29, 0.717) is 22.3 Å². The molecule has 2 heterocycles. The van der Waals surface area contributed by atoms with Crippen LogP contribution in [0.3, 0.4) is 0 Å². The second kappa shape index (κ2) is 9.06. The summed E-state index contributed by atoms with van der Waals surface area (Å²) in [6.07, 6.45) is 3.39. The lowest BCUT2D eigenvalue weighted by Crippen LogP contribution is -2.36. The molecule has 0 fully saturated rings. The van der Waals surface area contributed by atoms with Gasteiger partial charge in [-0.25, -0.2) is 9.78 Å². The molecule has 0 aliphatic rings. The molecule has 3 aromatic rings. The van der Waals surface area contributed by atoms with Crippen LogP contribution in [0, 0.1) is 0 Å².